The fraction of sp³-hybridized carbons (Fsp3) is 0.458. The van der Waals surface area contributed by atoms with Crippen LogP contribution in [0.2, 0.25) is 0 Å². The highest BCUT2D eigenvalue weighted by atomic mass is 16.3. The van der Waals surface area contributed by atoms with Crippen LogP contribution in [0.25, 0.3) is 0 Å². The van der Waals surface area contributed by atoms with E-state index in [0.29, 0.717) is 19.1 Å². The van der Waals surface area contributed by atoms with Crippen molar-refractivity contribution >= 4 is 5.91 Å². The molecule has 0 N–H and O–H groups in total. The van der Waals surface area contributed by atoms with Crippen molar-refractivity contribution < 1.29 is 9.21 Å². The van der Waals surface area contributed by atoms with Gasteiger partial charge in [-0.25, -0.2) is 4.98 Å². The maximum atomic E-state index is 13.8. The van der Waals surface area contributed by atoms with E-state index in [2.05, 4.69) is 34.5 Å². The van der Waals surface area contributed by atoms with Gasteiger partial charge in [-0.1, -0.05) is 6.07 Å². The summed E-state index contributed by atoms with van der Waals surface area (Å²) in [6.45, 7) is 7.93. The van der Waals surface area contributed by atoms with Crippen LogP contribution in [0.4, 0.5) is 0 Å². The molecule has 7 nitrogen and oxygen atoms in total. The fourth-order valence-electron chi connectivity index (χ4n) is 5.13. The second kappa shape index (κ2) is 7.96. The zero-order valence-corrected chi connectivity index (χ0v) is 18.1. The molecule has 0 aromatic carbocycles. The molecule has 5 rings (SSSR count). The maximum Gasteiger partial charge on any atom is 0.231 e. The molecule has 2 saturated heterocycles. The van der Waals surface area contributed by atoms with E-state index in [4.69, 9.17) is 9.40 Å². The number of likely N-dealkylation sites (tertiary alicyclic amines) is 2. The number of furan rings is 1. The molecule has 5 heterocycles. The molecule has 0 saturated carbocycles. The van der Waals surface area contributed by atoms with Crippen molar-refractivity contribution in [2.24, 2.45) is 5.41 Å². The molecule has 0 radical (unpaired) electrons. The van der Waals surface area contributed by atoms with Crippen LogP contribution in [0.1, 0.15) is 49.2 Å². The van der Waals surface area contributed by atoms with Crippen molar-refractivity contribution in [3.8, 4) is 0 Å². The number of aromatic nitrogens is 3. The van der Waals surface area contributed by atoms with Crippen molar-refractivity contribution in [3.05, 3.63) is 72.5 Å². The highest BCUT2D eigenvalue weighted by Gasteiger charge is 2.57. The lowest BCUT2D eigenvalue weighted by Crippen LogP contribution is -2.39. The second-order valence-corrected chi connectivity index (χ2v) is 9.14. The van der Waals surface area contributed by atoms with Crippen LogP contribution in [-0.4, -0.2) is 49.9 Å². The fourth-order valence-corrected chi connectivity index (χ4v) is 5.13. The molecule has 0 unspecified atom stereocenters. The largest absolute Gasteiger partial charge is 0.468 e. The van der Waals surface area contributed by atoms with Crippen molar-refractivity contribution in [2.45, 2.75) is 45.3 Å². The quantitative estimate of drug-likeness (QED) is 0.612. The van der Waals surface area contributed by atoms with E-state index in [1.165, 1.54) is 0 Å². The first kappa shape index (κ1) is 20.0. The zero-order valence-electron chi connectivity index (χ0n) is 18.1. The van der Waals surface area contributed by atoms with Crippen LogP contribution < -0.4 is 0 Å². The molecule has 2 fully saturated rings. The molecule has 2 aliphatic heterocycles. The summed E-state index contributed by atoms with van der Waals surface area (Å²) in [4.78, 5) is 27.1. The van der Waals surface area contributed by atoms with Crippen LogP contribution in [0.15, 0.2) is 59.9 Å². The Labute approximate surface area is 182 Å². The number of hydrogen-bond acceptors (Lipinski definition) is 5. The summed E-state index contributed by atoms with van der Waals surface area (Å²) in [5.74, 6) is 1.25. The van der Waals surface area contributed by atoms with E-state index >= 15 is 0 Å². The monoisotopic (exact) mass is 419 g/mol. The van der Waals surface area contributed by atoms with Gasteiger partial charge in [0.05, 0.1) is 30.2 Å². The lowest BCUT2D eigenvalue weighted by molar-refractivity contribution is -0.136. The van der Waals surface area contributed by atoms with Crippen LogP contribution in [0.3, 0.4) is 0 Å². The van der Waals surface area contributed by atoms with Gasteiger partial charge in [-0.15, -0.1) is 0 Å². The third kappa shape index (κ3) is 3.67. The smallest absolute Gasteiger partial charge is 0.231 e. The first-order chi connectivity index (χ1) is 15.0. The van der Waals surface area contributed by atoms with Crippen LogP contribution in [0.5, 0.6) is 0 Å². The standard InChI is InChI=1S/C24H29N5O2/c1-18(2)29-15-22(26-17-29)21-14-27(13-20-6-4-10-31-20)16-24(21)7-9-28(23(24)30)12-19-5-3-8-25-11-19/h3-6,8,10-11,15,17-18,21H,7,9,12-14,16H2,1-2H3/t21-,24+/m1/s1. The van der Waals surface area contributed by atoms with Gasteiger partial charge in [0, 0.05) is 56.7 Å². The van der Waals surface area contributed by atoms with E-state index in [1.807, 2.05) is 41.7 Å². The molecule has 31 heavy (non-hydrogen) atoms. The van der Waals surface area contributed by atoms with Gasteiger partial charge in [-0.3, -0.25) is 14.7 Å². The van der Waals surface area contributed by atoms with Crippen LogP contribution >= 0.6 is 0 Å². The Kier molecular flexibility index (Phi) is 5.14. The summed E-state index contributed by atoms with van der Waals surface area (Å²) in [6, 6.07) is 8.22. The predicted molar refractivity (Wildman–Crippen MR) is 116 cm³/mol. The van der Waals surface area contributed by atoms with Crippen molar-refractivity contribution in [3.63, 3.8) is 0 Å². The zero-order chi connectivity index (χ0) is 21.4. The van der Waals surface area contributed by atoms with Gasteiger partial charge in [-0.2, -0.15) is 0 Å². The second-order valence-electron chi connectivity index (χ2n) is 9.14. The maximum absolute atomic E-state index is 13.8. The van der Waals surface area contributed by atoms with E-state index in [9.17, 15) is 4.79 Å². The topological polar surface area (TPSA) is 67.4 Å². The average Bonchev–Trinajstić information content (AvgIpc) is 3.55. The van der Waals surface area contributed by atoms with E-state index in [0.717, 1.165) is 43.1 Å². The van der Waals surface area contributed by atoms with Crippen LogP contribution in [-0.2, 0) is 17.9 Å². The molecular weight excluding hydrogens is 390 g/mol. The number of hydrogen-bond donors (Lipinski definition) is 0. The van der Waals surface area contributed by atoms with Gasteiger partial charge in [0.1, 0.15) is 5.76 Å². The Bertz CT molecular complexity index is 1030. The minimum Gasteiger partial charge on any atom is -0.468 e. The molecule has 2 atom stereocenters. The minimum atomic E-state index is -0.440. The van der Waals surface area contributed by atoms with Gasteiger partial charge in [0.15, 0.2) is 0 Å². The molecule has 162 valence electrons. The van der Waals surface area contributed by atoms with Gasteiger partial charge >= 0.3 is 0 Å². The Hall–Kier alpha value is -2.93. The number of imidazole rings is 1. The Balaban J connectivity index is 1.43. The van der Waals surface area contributed by atoms with Gasteiger partial charge in [0.2, 0.25) is 5.91 Å². The molecule has 0 aliphatic carbocycles. The third-order valence-corrected chi connectivity index (χ3v) is 6.79. The Morgan fingerprint density at radius 1 is 1.26 bits per heavy atom. The molecule has 1 spiro atoms. The minimum absolute atomic E-state index is 0.0776. The van der Waals surface area contributed by atoms with Gasteiger partial charge in [-0.05, 0) is 44.0 Å². The number of amides is 1. The summed E-state index contributed by atoms with van der Waals surface area (Å²) in [5, 5.41) is 0. The molecule has 1 amide bonds. The number of carbonyl (C=O) groups excluding carboxylic acids is 1. The molecule has 0 bridgehead atoms. The Morgan fingerprint density at radius 2 is 2.16 bits per heavy atom. The number of nitrogens with zero attached hydrogens (tertiary/aromatic N) is 5. The average molecular weight is 420 g/mol. The number of pyridine rings is 1. The van der Waals surface area contributed by atoms with Crippen molar-refractivity contribution in [2.75, 3.05) is 19.6 Å². The van der Waals surface area contributed by atoms with E-state index in [-0.39, 0.29) is 11.8 Å². The summed E-state index contributed by atoms with van der Waals surface area (Å²) in [5.41, 5.74) is 1.65. The van der Waals surface area contributed by atoms with E-state index in [1.54, 1.807) is 12.5 Å². The van der Waals surface area contributed by atoms with Gasteiger partial charge < -0.3 is 13.9 Å². The molecule has 2 aliphatic rings. The molecule has 3 aromatic rings. The Morgan fingerprint density at radius 3 is 2.87 bits per heavy atom. The first-order valence-corrected chi connectivity index (χ1v) is 11.0. The molecular formula is C24H29N5O2. The van der Waals surface area contributed by atoms with Crippen LogP contribution in [0, 0.1) is 5.41 Å². The summed E-state index contributed by atoms with van der Waals surface area (Å²) in [7, 11) is 0. The summed E-state index contributed by atoms with van der Waals surface area (Å²) >= 11 is 0. The van der Waals surface area contributed by atoms with Crippen molar-refractivity contribution in [1.29, 1.82) is 0 Å². The first-order valence-electron chi connectivity index (χ1n) is 11.0. The third-order valence-electron chi connectivity index (χ3n) is 6.79. The number of carbonyl (C=O) groups is 1. The van der Waals surface area contributed by atoms with E-state index < -0.39 is 5.41 Å². The molecule has 7 heteroatoms. The highest BCUT2D eigenvalue weighted by Crippen LogP contribution is 2.50. The lowest BCUT2D eigenvalue weighted by atomic mass is 9.75. The molecule has 3 aromatic heterocycles. The van der Waals surface area contributed by atoms with Gasteiger partial charge in [0.25, 0.3) is 0 Å². The predicted octanol–water partition coefficient (Wildman–Crippen LogP) is 3.47. The summed E-state index contributed by atoms with van der Waals surface area (Å²) < 4.78 is 7.72. The lowest BCUT2D eigenvalue weighted by Gasteiger charge is -2.28. The highest BCUT2D eigenvalue weighted by molar-refractivity contribution is 5.86. The SMILES string of the molecule is CC(C)n1cnc([C@H]2CN(Cc3ccco3)C[C@@]23CCN(Cc2cccnc2)C3=O)c1. The normalized spacial score (nSPS) is 24.2. The summed E-state index contributed by atoms with van der Waals surface area (Å²) in [6.07, 6.45) is 10.2. The number of rotatable bonds is 6. The van der Waals surface area contributed by atoms with Crippen molar-refractivity contribution in [1.82, 2.24) is 24.3 Å².